The van der Waals surface area contributed by atoms with E-state index in [1.165, 1.54) is 0 Å². The zero-order valence-corrected chi connectivity index (χ0v) is 11.0. The lowest BCUT2D eigenvalue weighted by molar-refractivity contribution is -0.134. The Morgan fingerprint density at radius 2 is 2.12 bits per heavy atom. The third kappa shape index (κ3) is 4.61. The van der Waals surface area contributed by atoms with Gasteiger partial charge in [-0.05, 0) is 13.0 Å². The first-order chi connectivity index (χ1) is 8.19. The highest BCUT2D eigenvalue weighted by molar-refractivity contribution is 5.78. The molecule has 100 valence electrons. The van der Waals surface area contributed by atoms with Crippen LogP contribution in [-0.4, -0.2) is 68.7 Å². The average molecular weight is 243 g/mol. The lowest BCUT2D eigenvalue weighted by Crippen LogP contribution is -2.40. The lowest BCUT2D eigenvalue weighted by Gasteiger charge is -2.24. The lowest BCUT2D eigenvalue weighted by atomic mass is 10.1. The number of carbonyl (C=O) groups is 1. The highest BCUT2D eigenvalue weighted by Gasteiger charge is 2.22. The van der Waals surface area contributed by atoms with Gasteiger partial charge in [-0.1, -0.05) is 6.92 Å². The summed E-state index contributed by atoms with van der Waals surface area (Å²) in [5.41, 5.74) is 5.54. The van der Waals surface area contributed by atoms with Crippen molar-refractivity contribution in [1.82, 2.24) is 9.80 Å². The maximum atomic E-state index is 12.0. The van der Waals surface area contributed by atoms with Crippen LogP contribution in [0.5, 0.6) is 0 Å². The van der Waals surface area contributed by atoms with Crippen LogP contribution in [0.15, 0.2) is 0 Å². The normalized spacial score (nSPS) is 20.1. The Morgan fingerprint density at radius 3 is 2.76 bits per heavy atom. The van der Waals surface area contributed by atoms with Crippen molar-refractivity contribution in [3.63, 3.8) is 0 Å². The minimum Gasteiger partial charge on any atom is -0.383 e. The zero-order valence-electron chi connectivity index (χ0n) is 11.0. The molecule has 2 N–H and O–H groups in total. The van der Waals surface area contributed by atoms with E-state index in [1.54, 1.807) is 7.11 Å². The first kappa shape index (κ1) is 14.4. The van der Waals surface area contributed by atoms with Crippen molar-refractivity contribution in [1.29, 1.82) is 0 Å². The molecule has 1 heterocycles. The standard InChI is InChI=1S/C12H25N3O2/c1-11(10-13)12(16)15-5-3-4-14(6-7-15)8-9-17-2/h11H,3-10,13H2,1-2H3. The topological polar surface area (TPSA) is 58.8 Å². The number of carbonyl (C=O) groups excluding carboxylic acids is 1. The van der Waals surface area contributed by atoms with Crippen molar-refractivity contribution in [2.24, 2.45) is 11.7 Å². The summed E-state index contributed by atoms with van der Waals surface area (Å²) in [5.74, 6) is 0.140. The smallest absolute Gasteiger partial charge is 0.226 e. The number of hydrogen-bond donors (Lipinski definition) is 1. The zero-order chi connectivity index (χ0) is 12.7. The number of ether oxygens (including phenoxy) is 1. The van der Waals surface area contributed by atoms with Gasteiger partial charge < -0.3 is 15.4 Å². The van der Waals surface area contributed by atoms with Crippen LogP contribution in [0.3, 0.4) is 0 Å². The van der Waals surface area contributed by atoms with Crippen LogP contribution in [0, 0.1) is 5.92 Å². The van der Waals surface area contributed by atoms with Crippen LogP contribution in [-0.2, 0) is 9.53 Å². The average Bonchev–Trinajstić information content (AvgIpc) is 2.59. The van der Waals surface area contributed by atoms with E-state index < -0.39 is 0 Å². The Hall–Kier alpha value is -0.650. The van der Waals surface area contributed by atoms with Gasteiger partial charge in [0.15, 0.2) is 0 Å². The molecule has 0 aliphatic carbocycles. The SMILES string of the molecule is COCCN1CCCN(C(=O)C(C)CN)CC1. The predicted octanol–water partition coefficient (Wildman–Crippen LogP) is -0.238. The Kier molecular flexibility index (Phi) is 6.47. The van der Waals surface area contributed by atoms with Crippen LogP contribution in [0.25, 0.3) is 0 Å². The summed E-state index contributed by atoms with van der Waals surface area (Å²) in [6.07, 6.45) is 1.03. The molecule has 0 spiro atoms. The monoisotopic (exact) mass is 243 g/mol. The maximum Gasteiger partial charge on any atom is 0.226 e. The van der Waals surface area contributed by atoms with Gasteiger partial charge in [0.1, 0.15) is 0 Å². The first-order valence-electron chi connectivity index (χ1n) is 6.39. The van der Waals surface area contributed by atoms with E-state index in [9.17, 15) is 4.79 Å². The maximum absolute atomic E-state index is 12.0. The van der Waals surface area contributed by atoms with Crippen LogP contribution < -0.4 is 5.73 Å². The third-order valence-electron chi connectivity index (χ3n) is 3.29. The van der Waals surface area contributed by atoms with E-state index >= 15 is 0 Å². The van der Waals surface area contributed by atoms with Gasteiger partial charge in [-0.3, -0.25) is 9.69 Å². The van der Waals surface area contributed by atoms with Gasteiger partial charge in [0.2, 0.25) is 5.91 Å². The molecule has 1 amide bonds. The minimum atomic E-state index is -0.0551. The van der Waals surface area contributed by atoms with Crippen molar-refractivity contribution >= 4 is 5.91 Å². The molecular formula is C12H25N3O2. The summed E-state index contributed by atoms with van der Waals surface area (Å²) in [5, 5.41) is 0. The summed E-state index contributed by atoms with van der Waals surface area (Å²) >= 11 is 0. The largest absolute Gasteiger partial charge is 0.383 e. The summed E-state index contributed by atoms with van der Waals surface area (Å²) < 4.78 is 5.08. The highest BCUT2D eigenvalue weighted by atomic mass is 16.5. The van der Waals surface area contributed by atoms with E-state index in [0.29, 0.717) is 6.54 Å². The molecule has 17 heavy (non-hydrogen) atoms. The second-order valence-electron chi connectivity index (χ2n) is 4.65. The minimum absolute atomic E-state index is 0.0551. The quantitative estimate of drug-likeness (QED) is 0.724. The number of nitrogens with zero attached hydrogens (tertiary/aromatic N) is 2. The fraction of sp³-hybridized carbons (Fsp3) is 0.917. The van der Waals surface area contributed by atoms with Gasteiger partial charge in [0, 0.05) is 45.8 Å². The number of rotatable bonds is 5. The van der Waals surface area contributed by atoms with Crippen LogP contribution in [0.1, 0.15) is 13.3 Å². The molecule has 0 aromatic heterocycles. The van der Waals surface area contributed by atoms with E-state index in [-0.39, 0.29) is 11.8 Å². The van der Waals surface area contributed by atoms with Gasteiger partial charge >= 0.3 is 0 Å². The number of methoxy groups -OCH3 is 1. The summed E-state index contributed by atoms with van der Waals surface area (Å²) in [4.78, 5) is 16.3. The van der Waals surface area contributed by atoms with E-state index in [1.807, 2.05) is 11.8 Å². The molecule has 1 rings (SSSR count). The fourth-order valence-electron chi connectivity index (χ4n) is 2.05. The third-order valence-corrected chi connectivity index (χ3v) is 3.29. The summed E-state index contributed by atoms with van der Waals surface area (Å²) in [6.45, 7) is 7.69. The molecule has 0 aromatic carbocycles. The van der Waals surface area contributed by atoms with Gasteiger partial charge in [-0.15, -0.1) is 0 Å². The molecule has 0 radical (unpaired) electrons. The van der Waals surface area contributed by atoms with Gasteiger partial charge in [-0.25, -0.2) is 0 Å². The molecule has 0 bridgehead atoms. The van der Waals surface area contributed by atoms with Crippen LogP contribution in [0.2, 0.25) is 0 Å². The van der Waals surface area contributed by atoms with Gasteiger partial charge in [0.25, 0.3) is 0 Å². The molecule has 1 atom stereocenters. The summed E-state index contributed by atoms with van der Waals surface area (Å²) in [7, 11) is 1.72. The second-order valence-corrected chi connectivity index (χ2v) is 4.65. The molecule has 1 aliphatic rings. The van der Waals surface area contributed by atoms with Gasteiger partial charge in [-0.2, -0.15) is 0 Å². The summed E-state index contributed by atoms with van der Waals surface area (Å²) in [6, 6.07) is 0. The molecule has 0 saturated carbocycles. The van der Waals surface area contributed by atoms with Crippen molar-refractivity contribution < 1.29 is 9.53 Å². The van der Waals surface area contributed by atoms with E-state index in [4.69, 9.17) is 10.5 Å². The number of hydrogen-bond acceptors (Lipinski definition) is 4. The molecule has 1 saturated heterocycles. The highest BCUT2D eigenvalue weighted by Crippen LogP contribution is 2.07. The van der Waals surface area contributed by atoms with E-state index in [0.717, 1.165) is 45.8 Å². The Morgan fingerprint density at radius 1 is 1.35 bits per heavy atom. The van der Waals surface area contributed by atoms with Crippen LogP contribution >= 0.6 is 0 Å². The molecule has 1 aliphatic heterocycles. The van der Waals surface area contributed by atoms with E-state index in [2.05, 4.69) is 4.90 Å². The molecule has 5 heteroatoms. The van der Waals surface area contributed by atoms with Crippen molar-refractivity contribution in [2.45, 2.75) is 13.3 Å². The Bertz CT molecular complexity index is 236. The number of nitrogens with two attached hydrogens (primary N) is 1. The molecular weight excluding hydrogens is 218 g/mol. The molecule has 1 unspecified atom stereocenters. The Labute approximate surface area is 104 Å². The van der Waals surface area contributed by atoms with Crippen LogP contribution in [0.4, 0.5) is 0 Å². The first-order valence-corrected chi connectivity index (χ1v) is 6.39. The Balaban J connectivity index is 2.39. The fourth-order valence-corrected chi connectivity index (χ4v) is 2.05. The predicted molar refractivity (Wildman–Crippen MR) is 67.7 cm³/mol. The van der Waals surface area contributed by atoms with Crippen molar-refractivity contribution in [3.8, 4) is 0 Å². The second kappa shape index (κ2) is 7.63. The number of amides is 1. The molecule has 0 aromatic rings. The van der Waals surface area contributed by atoms with Crippen molar-refractivity contribution in [3.05, 3.63) is 0 Å². The molecule has 1 fully saturated rings. The molecule has 5 nitrogen and oxygen atoms in total. The van der Waals surface area contributed by atoms with Crippen molar-refractivity contribution in [2.75, 3.05) is 53.0 Å². The van der Waals surface area contributed by atoms with Gasteiger partial charge in [0.05, 0.1) is 6.61 Å².